The maximum absolute atomic E-state index is 12.9. The molecular weight excluding hydrogens is 293 g/mol. The van der Waals surface area contributed by atoms with Crippen LogP contribution in [0.2, 0.25) is 0 Å². The first-order chi connectivity index (χ1) is 10.5. The number of nitrogens with zero attached hydrogens (tertiary/aromatic N) is 1. The molecule has 0 saturated carbocycles. The van der Waals surface area contributed by atoms with Gasteiger partial charge in [-0.05, 0) is 17.7 Å². The molecule has 1 heterocycles. The largest absolute Gasteiger partial charge is 0.502 e. The highest BCUT2D eigenvalue weighted by Gasteiger charge is 2.18. The molecule has 0 spiro atoms. The Bertz CT molecular complexity index is 718. The highest BCUT2D eigenvalue weighted by molar-refractivity contribution is 6.07. The molecule has 6 nitrogen and oxygen atoms in total. The fourth-order valence-electron chi connectivity index (χ4n) is 1.74. The van der Waals surface area contributed by atoms with E-state index >= 15 is 0 Å². The number of methoxy groups -OCH3 is 1. The first kappa shape index (κ1) is 15.4. The van der Waals surface area contributed by atoms with Crippen molar-refractivity contribution >= 4 is 11.8 Å². The lowest BCUT2D eigenvalue weighted by molar-refractivity contribution is -0.139. The number of aromatic nitrogens is 1. The van der Waals surface area contributed by atoms with Gasteiger partial charge in [0.05, 0.1) is 7.11 Å². The van der Waals surface area contributed by atoms with Gasteiger partial charge in [-0.15, -0.1) is 0 Å². The van der Waals surface area contributed by atoms with Gasteiger partial charge >= 0.3 is 5.97 Å². The third kappa shape index (κ3) is 3.57. The van der Waals surface area contributed by atoms with Gasteiger partial charge in [0.25, 0.3) is 0 Å². The third-order valence-corrected chi connectivity index (χ3v) is 2.81. The van der Waals surface area contributed by atoms with E-state index < -0.39 is 17.5 Å². The summed E-state index contributed by atoms with van der Waals surface area (Å²) in [6, 6.07) is 5.67. The van der Waals surface area contributed by atoms with Gasteiger partial charge in [-0.1, -0.05) is 12.1 Å². The summed E-state index contributed by atoms with van der Waals surface area (Å²) in [6.45, 7) is 0. The van der Waals surface area contributed by atoms with E-state index in [0.29, 0.717) is 11.6 Å². The van der Waals surface area contributed by atoms with Crippen molar-refractivity contribution in [2.45, 2.75) is 6.42 Å². The zero-order chi connectivity index (χ0) is 16.1. The summed E-state index contributed by atoms with van der Waals surface area (Å²) < 4.78 is 22.3. The highest BCUT2D eigenvalue weighted by atomic mass is 19.1. The number of hydrogen-bond acceptors (Lipinski definition) is 6. The van der Waals surface area contributed by atoms with Gasteiger partial charge < -0.3 is 14.3 Å². The van der Waals surface area contributed by atoms with Crippen molar-refractivity contribution in [3.8, 4) is 0 Å². The molecule has 0 amide bonds. The Hall–Kier alpha value is -2.96. The summed E-state index contributed by atoms with van der Waals surface area (Å²) in [5.41, 5.74) is 0.674. The number of carbonyl (C=O) groups is 2. The quantitative estimate of drug-likeness (QED) is 0.394. The number of ether oxygens (including phenoxy) is 1. The van der Waals surface area contributed by atoms with E-state index in [0.717, 1.165) is 13.5 Å². The molecule has 7 heteroatoms. The monoisotopic (exact) mass is 305 g/mol. The van der Waals surface area contributed by atoms with Gasteiger partial charge in [-0.2, -0.15) is 0 Å². The molecule has 114 valence electrons. The fraction of sp³-hybridized carbons (Fsp3) is 0.133. The minimum absolute atomic E-state index is 0.0419. The summed E-state index contributed by atoms with van der Waals surface area (Å²) in [4.78, 5) is 26.8. The van der Waals surface area contributed by atoms with Crippen molar-refractivity contribution < 1.29 is 28.2 Å². The molecule has 0 fully saturated rings. The molecule has 0 bridgehead atoms. The number of rotatable bonds is 5. The van der Waals surface area contributed by atoms with E-state index in [-0.39, 0.29) is 23.7 Å². The van der Waals surface area contributed by atoms with Gasteiger partial charge in [-0.25, -0.2) is 14.2 Å². The number of ketones is 1. The van der Waals surface area contributed by atoms with Gasteiger partial charge in [0.2, 0.25) is 11.5 Å². The predicted octanol–water partition coefficient (Wildman–Crippen LogP) is 2.20. The normalized spacial score (nSPS) is 11.3. The second-order valence-electron chi connectivity index (χ2n) is 4.31. The summed E-state index contributed by atoms with van der Waals surface area (Å²) >= 11 is 0. The number of aliphatic hydroxyl groups excluding tert-OH is 1. The van der Waals surface area contributed by atoms with Gasteiger partial charge in [0.15, 0.2) is 12.1 Å². The zero-order valence-electron chi connectivity index (χ0n) is 11.6. The van der Waals surface area contributed by atoms with Crippen LogP contribution >= 0.6 is 0 Å². The number of oxazole rings is 1. The van der Waals surface area contributed by atoms with Crippen LogP contribution in [-0.4, -0.2) is 29.0 Å². The highest BCUT2D eigenvalue weighted by Crippen LogP contribution is 2.15. The Balaban J connectivity index is 2.20. The fourth-order valence-corrected chi connectivity index (χ4v) is 1.74. The summed E-state index contributed by atoms with van der Waals surface area (Å²) in [6.07, 6.45) is 2.00. The molecule has 0 aliphatic rings. The first-order valence-electron chi connectivity index (χ1n) is 6.21. The molecule has 0 unspecified atom stereocenters. The molecule has 0 radical (unpaired) electrons. The molecule has 0 saturated heterocycles. The van der Waals surface area contributed by atoms with Crippen molar-refractivity contribution in [1.29, 1.82) is 0 Å². The van der Waals surface area contributed by atoms with Crippen LogP contribution in [0.25, 0.3) is 0 Å². The van der Waals surface area contributed by atoms with Crippen LogP contribution in [0.15, 0.2) is 46.9 Å². The van der Waals surface area contributed by atoms with E-state index in [1.807, 2.05) is 0 Å². The lowest BCUT2D eigenvalue weighted by atomic mass is 10.1. The van der Waals surface area contributed by atoms with E-state index in [9.17, 15) is 19.1 Å². The number of halogens is 1. The third-order valence-electron chi connectivity index (χ3n) is 2.81. The topological polar surface area (TPSA) is 89.6 Å². The summed E-state index contributed by atoms with van der Waals surface area (Å²) in [7, 11) is 1.08. The molecule has 0 aliphatic heterocycles. The Morgan fingerprint density at radius 1 is 1.36 bits per heavy atom. The lowest BCUT2D eigenvalue weighted by Crippen LogP contribution is -2.08. The number of hydrogen-bond donors (Lipinski definition) is 1. The Kier molecular flexibility index (Phi) is 4.67. The Morgan fingerprint density at radius 3 is 2.68 bits per heavy atom. The van der Waals surface area contributed by atoms with Crippen molar-refractivity contribution in [3.05, 3.63) is 65.3 Å². The van der Waals surface area contributed by atoms with Gasteiger partial charge in [0.1, 0.15) is 11.6 Å². The van der Waals surface area contributed by atoms with Crippen LogP contribution in [0.1, 0.15) is 21.8 Å². The lowest BCUT2D eigenvalue weighted by Gasteiger charge is -2.00. The standard InChI is InChI=1S/C15H12FNO5/c1-21-15(20)12(19)7-11(18)14-13(22-8-17-14)6-9-2-4-10(16)5-3-9/h2-5,7-8,19H,6H2,1H3/b12-7-. The predicted molar refractivity (Wildman–Crippen MR) is 72.8 cm³/mol. The number of esters is 1. The number of benzene rings is 1. The molecule has 1 N–H and O–H groups in total. The molecule has 1 aromatic heterocycles. The molecule has 0 aliphatic carbocycles. The maximum atomic E-state index is 12.9. The molecular formula is C15H12FNO5. The number of aliphatic hydroxyl groups is 1. The van der Waals surface area contributed by atoms with Crippen LogP contribution < -0.4 is 0 Å². The average molecular weight is 305 g/mol. The Morgan fingerprint density at radius 2 is 2.05 bits per heavy atom. The van der Waals surface area contributed by atoms with Crippen LogP contribution in [0.5, 0.6) is 0 Å². The van der Waals surface area contributed by atoms with Crippen molar-refractivity contribution in [2.75, 3.05) is 7.11 Å². The second-order valence-corrected chi connectivity index (χ2v) is 4.31. The molecule has 2 aromatic rings. The van der Waals surface area contributed by atoms with E-state index in [1.165, 1.54) is 12.1 Å². The van der Waals surface area contributed by atoms with Gasteiger partial charge in [-0.3, -0.25) is 4.79 Å². The van der Waals surface area contributed by atoms with E-state index in [2.05, 4.69) is 9.72 Å². The van der Waals surface area contributed by atoms with Crippen LogP contribution in [0, 0.1) is 5.82 Å². The maximum Gasteiger partial charge on any atom is 0.373 e. The van der Waals surface area contributed by atoms with Crippen molar-refractivity contribution in [3.63, 3.8) is 0 Å². The average Bonchev–Trinajstić information content (AvgIpc) is 2.96. The second kappa shape index (κ2) is 6.66. The molecule has 22 heavy (non-hydrogen) atoms. The SMILES string of the molecule is COC(=O)/C(O)=C/C(=O)c1ncoc1Cc1ccc(F)cc1. The smallest absolute Gasteiger partial charge is 0.373 e. The Labute approximate surface area is 124 Å². The number of carbonyl (C=O) groups excluding carboxylic acids is 2. The van der Waals surface area contributed by atoms with Crippen LogP contribution in [0.3, 0.4) is 0 Å². The summed E-state index contributed by atoms with van der Waals surface area (Å²) in [5, 5.41) is 9.36. The van der Waals surface area contributed by atoms with Crippen LogP contribution in [-0.2, 0) is 16.0 Å². The first-order valence-corrected chi connectivity index (χ1v) is 6.21. The van der Waals surface area contributed by atoms with E-state index in [4.69, 9.17) is 4.42 Å². The molecule has 0 atom stereocenters. The van der Waals surface area contributed by atoms with Crippen molar-refractivity contribution in [2.24, 2.45) is 0 Å². The molecule has 2 rings (SSSR count). The van der Waals surface area contributed by atoms with Crippen molar-refractivity contribution in [1.82, 2.24) is 4.98 Å². The molecule has 1 aromatic carbocycles. The minimum Gasteiger partial charge on any atom is -0.502 e. The minimum atomic E-state index is -1.03. The number of allylic oxidation sites excluding steroid dienone is 1. The van der Waals surface area contributed by atoms with Gasteiger partial charge in [0, 0.05) is 12.5 Å². The van der Waals surface area contributed by atoms with Crippen LogP contribution in [0.4, 0.5) is 4.39 Å². The summed E-state index contributed by atoms with van der Waals surface area (Å²) in [5.74, 6) is -2.69. The van der Waals surface area contributed by atoms with E-state index in [1.54, 1.807) is 12.1 Å². The zero-order valence-corrected chi connectivity index (χ0v) is 11.6.